The number of carbonyl (C=O) groups excluding carboxylic acids is 2. The molecule has 1 aromatic carbocycles. The summed E-state index contributed by atoms with van der Waals surface area (Å²) in [6.45, 7) is 1.70. The maximum absolute atomic E-state index is 14.6. The van der Waals surface area contributed by atoms with Crippen LogP contribution in [0.1, 0.15) is 37.7 Å². The fourth-order valence-corrected chi connectivity index (χ4v) is 3.84. The van der Waals surface area contributed by atoms with Gasteiger partial charge in [0.05, 0.1) is 7.11 Å². The van der Waals surface area contributed by atoms with Crippen molar-refractivity contribution in [3.63, 3.8) is 0 Å². The van der Waals surface area contributed by atoms with Crippen LogP contribution in [0.5, 0.6) is 0 Å². The quantitative estimate of drug-likeness (QED) is 0.762. The molecular weight excluding hydrogens is 333 g/mol. The molecule has 0 aromatic heterocycles. The molecule has 1 aliphatic heterocycles. The Morgan fingerprint density at radius 1 is 1.38 bits per heavy atom. The Kier molecular flexibility index (Phi) is 4.54. The second-order valence-corrected chi connectivity index (χ2v) is 6.41. The summed E-state index contributed by atoms with van der Waals surface area (Å²) in [5, 5.41) is 0.189. The first-order valence-corrected chi connectivity index (χ1v) is 8.16. The van der Waals surface area contributed by atoms with Crippen LogP contribution in [0.4, 0.5) is 4.39 Å². The van der Waals surface area contributed by atoms with Crippen LogP contribution in [0.3, 0.4) is 0 Å². The zero-order chi connectivity index (χ0) is 17.4. The van der Waals surface area contributed by atoms with Gasteiger partial charge in [-0.05, 0) is 31.9 Å². The Balaban J connectivity index is 2.27. The van der Waals surface area contributed by atoms with Gasteiger partial charge in [0.1, 0.15) is 11.7 Å². The molecule has 0 saturated heterocycles. The molecule has 2 atom stereocenters. The molecule has 0 saturated carbocycles. The molecule has 0 N–H and O–H groups in total. The Morgan fingerprint density at radius 2 is 2.12 bits per heavy atom. The van der Waals surface area contributed by atoms with Crippen molar-refractivity contribution < 1.29 is 18.7 Å². The number of hydrogen-bond donors (Lipinski definition) is 0. The number of carbonyl (C=O) groups is 2. The van der Waals surface area contributed by atoms with E-state index in [1.807, 2.05) is 0 Å². The average molecular weight is 350 g/mol. The van der Waals surface area contributed by atoms with E-state index in [9.17, 15) is 14.0 Å². The van der Waals surface area contributed by atoms with Crippen LogP contribution in [0.15, 0.2) is 34.5 Å². The van der Waals surface area contributed by atoms with Crippen molar-refractivity contribution in [2.24, 2.45) is 10.9 Å². The molecule has 1 aromatic rings. The topological polar surface area (TPSA) is 55.7 Å². The van der Waals surface area contributed by atoms with Crippen LogP contribution in [-0.4, -0.2) is 24.6 Å². The number of hydrogen-bond acceptors (Lipinski definition) is 4. The molecule has 2 aliphatic rings. The Morgan fingerprint density at radius 3 is 2.79 bits per heavy atom. The highest BCUT2D eigenvalue weighted by Gasteiger charge is 2.44. The average Bonchev–Trinajstić information content (AvgIpc) is 2.53. The normalized spacial score (nSPS) is 23.7. The Bertz CT molecular complexity index is 764. The van der Waals surface area contributed by atoms with Crippen LogP contribution < -0.4 is 0 Å². The van der Waals surface area contributed by atoms with E-state index in [1.54, 1.807) is 13.0 Å². The van der Waals surface area contributed by atoms with E-state index in [4.69, 9.17) is 16.3 Å². The lowest BCUT2D eigenvalue weighted by Gasteiger charge is -2.34. The first-order valence-electron chi connectivity index (χ1n) is 7.78. The zero-order valence-corrected chi connectivity index (χ0v) is 14.2. The minimum atomic E-state index is -0.856. The molecule has 126 valence electrons. The summed E-state index contributed by atoms with van der Waals surface area (Å²) in [6, 6.07) is 4.34. The number of esters is 1. The second kappa shape index (κ2) is 6.48. The van der Waals surface area contributed by atoms with E-state index < -0.39 is 23.6 Å². The molecule has 0 fully saturated rings. The van der Waals surface area contributed by atoms with Gasteiger partial charge in [-0.15, -0.1) is 0 Å². The molecule has 1 unspecified atom stereocenters. The van der Waals surface area contributed by atoms with Gasteiger partial charge in [0, 0.05) is 39.9 Å². The molecule has 1 heterocycles. The highest BCUT2D eigenvalue weighted by atomic mass is 35.5. The first-order chi connectivity index (χ1) is 11.5. The molecule has 1 aliphatic carbocycles. The van der Waals surface area contributed by atoms with Crippen LogP contribution in [-0.2, 0) is 14.3 Å². The maximum Gasteiger partial charge on any atom is 0.315 e. The van der Waals surface area contributed by atoms with Crippen LogP contribution in [0.2, 0.25) is 5.02 Å². The summed E-state index contributed by atoms with van der Waals surface area (Å²) in [5.74, 6) is -2.85. The van der Waals surface area contributed by atoms with Gasteiger partial charge >= 0.3 is 5.97 Å². The number of benzene rings is 1. The van der Waals surface area contributed by atoms with E-state index in [1.165, 1.54) is 19.2 Å². The third-order valence-electron chi connectivity index (χ3n) is 4.60. The summed E-state index contributed by atoms with van der Waals surface area (Å²) < 4.78 is 19.5. The molecule has 24 heavy (non-hydrogen) atoms. The standard InChI is InChI=1S/C18H17ClFNO3/c1-9-14(18(23)24-2)17(15-10(19)5-3-6-11(15)20)16-12(21-9)7-4-8-13(16)22/h3,5-6,14,17H,4,7-8H2,1-2H3/t14?,17-/m1/s1. The number of ketones is 1. The van der Waals surface area contributed by atoms with Crippen molar-refractivity contribution in [2.75, 3.05) is 7.11 Å². The molecule has 0 amide bonds. The number of rotatable bonds is 2. The van der Waals surface area contributed by atoms with Crippen LogP contribution in [0.25, 0.3) is 0 Å². The highest BCUT2D eigenvalue weighted by molar-refractivity contribution is 6.31. The van der Waals surface area contributed by atoms with Gasteiger partial charge in [0.15, 0.2) is 5.78 Å². The molecule has 0 radical (unpaired) electrons. The van der Waals surface area contributed by atoms with Crippen molar-refractivity contribution in [3.05, 3.63) is 45.9 Å². The fourth-order valence-electron chi connectivity index (χ4n) is 3.56. The Labute approximate surface area is 144 Å². The van der Waals surface area contributed by atoms with Crippen molar-refractivity contribution in [1.29, 1.82) is 0 Å². The third kappa shape index (κ3) is 2.67. The Hall–Kier alpha value is -2.01. The maximum atomic E-state index is 14.6. The number of methoxy groups -OCH3 is 1. The summed E-state index contributed by atoms with van der Waals surface area (Å²) in [5.41, 5.74) is 1.70. The van der Waals surface area contributed by atoms with Crippen molar-refractivity contribution in [2.45, 2.75) is 32.1 Å². The van der Waals surface area contributed by atoms with Crippen molar-refractivity contribution in [1.82, 2.24) is 0 Å². The highest BCUT2D eigenvalue weighted by Crippen LogP contribution is 2.46. The van der Waals surface area contributed by atoms with Gasteiger partial charge < -0.3 is 4.74 Å². The first kappa shape index (κ1) is 16.8. The van der Waals surface area contributed by atoms with Gasteiger partial charge in [0.25, 0.3) is 0 Å². The summed E-state index contributed by atoms with van der Waals surface area (Å²) in [7, 11) is 1.27. The third-order valence-corrected chi connectivity index (χ3v) is 4.93. The molecule has 0 bridgehead atoms. The minimum absolute atomic E-state index is 0.106. The van der Waals surface area contributed by atoms with E-state index >= 15 is 0 Å². The largest absolute Gasteiger partial charge is 0.468 e. The zero-order valence-electron chi connectivity index (χ0n) is 13.4. The van der Waals surface area contributed by atoms with Crippen LogP contribution >= 0.6 is 11.6 Å². The smallest absolute Gasteiger partial charge is 0.315 e. The monoisotopic (exact) mass is 349 g/mol. The lowest BCUT2D eigenvalue weighted by molar-refractivity contribution is -0.143. The number of nitrogens with zero attached hydrogens (tertiary/aromatic N) is 1. The van der Waals surface area contributed by atoms with E-state index in [0.29, 0.717) is 36.2 Å². The SMILES string of the molecule is COC(=O)C1C(C)=NC2=C(C(=O)CCC2)[C@H]1c1c(F)cccc1Cl. The van der Waals surface area contributed by atoms with Crippen molar-refractivity contribution in [3.8, 4) is 0 Å². The molecule has 4 nitrogen and oxygen atoms in total. The number of halogens is 2. The number of ether oxygens (including phenoxy) is 1. The lowest BCUT2D eigenvalue weighted by Crippen LogP contribution is -2.37. The summed E-state index contributed by atoms with van der Waals surface area (Å²) in [4.78, 5) is 29.4. The molecular formula is C18H17ClFNO3. The predicted octanol–water partition coefficient (Wildman–Crippen LogP) is 3.83. The molecule has 6 heteroatoms. The van der Waals surface area contributed by atoms with E-state index in [2.05, 4.69) is 4.99 Å². The summed E-state index contributed by atoms with van der Waals surface area (Å²) >= 11 is 6.24. The molecule has 3 rings (SSSR count). The van der Waals surface area contributed by atoms with Crippen LogP contribution in [0, 0.1) is 11.7 Å². The second-order valence-electron chi connectivity index (χ2n) is 6.00. The number of Topliss-reactive ketones (excluding diaryl/α,β-unsaturated/α-hetero) is 1. The summed E-state index contributed by atoms with van der Waals surface area (Å²) in [6.07, 6.45) is 1.70. The van der Waals surface area contributed by atoms with Gasteiger partial charge in [0.2, 0.25) is 0 Å². The van der Waals surface area contributed by atoms with E-state index in [-0.39, 0.29) is 16.4 Å². The van der Waals surface area contributed by atoms with Gasteiger partial charge in [-0.1, -0.05) is 17.7 Å². The molecule has 0 spiro atoms. The predicted molar refractivity (Wildman–Crippen MR) is 88.7 cm³/mol. The number of allylic oxidation sites excluding steroid dienone is 2. The van der Waals surface area contributed by atoms with E-state index in [0.717, 1.165) is 0 Å². The van der Waals surface area contributed by atoms with Gasteiger partial charge in [-0.2, -0.15) is 0 Å². The minimum Gasteiger partial charge on any atom is -0.468 e. The van der Waals surface area contributed by atoms with Crippen molar-refractivity contribution >= 4 is 29.1 Å². The lowest BCUT2D eigenvalue weighted by atomic mass is 9.71. The fraction of sp³-hybridized carbons (Fsp3) is 0.389. The van der Waals surface area contributed by atoms with Gasteiger partial charge in [-0.25, -0.2) is 4.39 Å². The number of aliphatic imine (C=N–C) groups is 1. The van der Waals surface area contributed by atoms with Gasteiger partial charge in [-0.3, -0.25) is 14.6 Å².